The lowest BCUT2D eigenvalue weighted by atomic mass is 9.96. The van der Waals surface area contributed by atoms with Crippen molar-refractivity contribution in [2.45, 2.75) is 45.0 Å². The van der Waals surface area contributed by atoms with Gasteiger partial charge in [0.05, 0.1) is 18.3 Å². The van der Waals surface area contributed by atoms with E-state index in [1.165, 1.54) is 0 Å². The van der Waals surface area contributed by atoms with Gasteiger partial charge in [-0.05, 0) is 37.1 Å². The number of halogens is 3. The molecule has 0 bridgehead atoms. The average Bonchev–Trinajstić information content (AvgIpc) is 2.94. The molecule has 0 aliphatic carbocycles. The molecule has 0 saturated carbocycles. The summed E-state index contributed by atoms with van der Waals surface area (Å²) in [6, 6.07) is 24.7. The number of rotatable bonds is 11. The van der Waals surface area contributed by atoms with Gasteiger partial charge in [0.2, 0.25) is 0 Å². The summed E-state index contributed by atoms with van der Waals surface area (Å²) in [5.41, 5.74) is 2.07. The number of carbonyl (C=O) groups is 1. The summed E-state index contributed by atoms with van der Waals surface area (Å²) in [5.74, 6) is -1.31. The normalized spacial score (nSPS) is 17.0. The van der Waals surface area contributed by atoms with Crippen molar-refractivity contribution < 1.29 is 32.2 Å². The number of amides is 1. The molecule has 208 valence electrons. The highest BCUT2D eigenvalue weighted by Crippen LogP contribution is 2.42. The van der Waals surface area contributed by atoms with Crippen LogP contribution in [0.4, 0.5) is 18.9 Å². The van der Waals surface area contributed by atoms with Gasteiger partial charge in [0, 0.05) is 26.3 Å². The van der Waals surface area contributed by atoms with Crippen molar-refractivity contribution in [2.75, 3.05) is 31.2 Å². The van der Waals surface area contributed by atoms with Crippen LogP contribution in [0.15, 0.2) is 84.9 Å². The van der Waals surface area contributed by atoms with Crippen molar-refractivity contribution in [3.05, 3.63) is 96.1 Å². The monoisotopic (exact) mass is 542 g/mol. The van der Waals surface area contributed by atoms with Crippen molar-refractivity contribution >= 4 is 11.6 Å². The van der Waals surface area contributed by atoms with Crippen LogP contribution in [0.1, 0.15) is 31.1 Å². The molecular weight excluding hydrogens is 509 g/mol. The Hall–Kier alpha value is -3.56. The van der Waals surface area contributed by atoms with Crippen LogP contribution in [-0.2, 0) is 20.8 Å². The molecule has 1 amide bonds. The number of ether oxygens (including phenoxy) is 3. The summed E-state index contributed by atoms with van der Waals surface area (Å²) in [6.45, 7) is 4.29. The molecule has 4 rings (SSSR count). The topological polar surface area (TPSA) is 51.2 Å². The molecular formula is C30H33F3N2O4. The Bertz CT molecular complexity index is 1190. The predicted octanol–water partition coefficient (Wildman–Crippen LogP) is 5.99. The first-order valence-corrected chi connectivity index (χ1v) is 13.0. The molecule has 0 N–H and O–H groups in total. The molecule has 1 heterocycles. The number of anilines is 1. The third-order valence-corrected chi connectivity index (χ3v) is 6.51. The van der Waals surface area contributed by atoms with E-state index >= 15 is 0 Å². The first-order valence-electron chi connectivity index (χ1n) is 13.0. The molecule has 1 aliphatic heterocycles. The number of benzene rings is 3. The molecule has 2 atom stereocenters. The van der Waals surface area contributed by atoms with Gasteiger partial charge in [0.1, 0.15) is 11.9 Å². The van der Waals surface area contributed by atoms with Crippen LogP contribution in [0, 0.1) is 0 Å². The van der Waals surface area contributed by atoms with Crippen LogP contribution in [0.2, 0.25) is 0 Å². The second-order valence-corrected chi connectivity index (χ2v) is 9.15. The van der Waals surface area contributed by atoms with Crippen molar-refractivity contribution in [3.8, 4) is 5.75 Å². The number of hydrogen-bond acceptors (Lipinski definition) is 5. The van der Waals surface area contributed by atoms with Crippen LogP contribution in [0.5, 0.6) is 5.75 Å². The van der Waals surface area contributed by atoms with Gasteiger partial charge in [-0.3, -0.25) is 4.79 Å². The molecule has 9 heteroatoms. The number of carbonyl (C=O) groups excluding carboxylic acids is 1. The lowest BCUT2D eigenvalue weighted by molar-refractivity contribution is -0.186. The summed E-state index contributed by atoms with van der Waals surface area (Å²) in [7, 11) is 0. The highest BCUT2D eigenvalue weighted by Gasteiger charge is 2.46. The van der Waals surface area contributed by atoms with Crippen LogP contribution in [0.3, 0.4) is 0 Å². The van der Waals surface area contributed by atoms with Gasteiger partial charge in [-0.1, -0.05) is 72.8 Å². The van der Waals surface area contributed by atoms with Crippen molar-refractivity contribution in [2.24, 2.45) is 0 Å². The SMILES string of the molecule is CCOC(CN1c2ccccc2OC(c2ccccc2)C1CN(Cc1ccccc1)C(=O)C(F)(F)F)OCC. The summed E-state index contributed by atoms with van der Waals surface area (Å²) in [5, 5.41) is 0. The highest BCUT2D eigenvalue weighted by atomic mass is 19.4. The molecule has 3 aromatic rings. The van der Waals surface area contributed by atoms with Gasteiger partial charge >= 0.3 is 12.1 Å². The summed E-state index contributed by atoms with van der Waals surface area (Å²) in [4.78, 5) is 15.6. The zero-order valence-electron chi connectivity index (χ0n) is 22.0. The molecule has 0 aromatic heterocycles. The van der Waals surface area contributed by atoms with Gasteiger partial charge < -0.3 is 24.0 Å². The Morgan fingerprint density at radius 2 is 1.51 bits per heavy atom. The summed E-state index contributed by atoms with van der Waals surface area (Å²) < 4.78 is 59.6. The molecule has 0 radical (unpaired) electrons. The van der Waals surface area contributed by atoms with Crippen LogP contribution in [-0.4, -0.2) is 55.6 Å². The highest BCUT2D eigenvalue weighted by molar-refractivity contribution is 5.82. The van der Waals surface area contributed by atoms with Crippen LogP contribution < -0.4 is 9.64 Å². The predicted molar refractivity (Wildman–Crippen MR) is 142 cm³/mol. The lowest BCUT2D eigenvalue weighted by Gasteiger charge is -2.46. The summed E-state index contributed by atoms with van der Waals surface area (Å²) in [6.07, 6.45) is -6.33. The second kappa shape index (κ2) is 13.0. The van der Waals surface area contributed by atoms with Crippen molar-refractivity contribution in [3.63, 3.8) is 0 Å². The Morgan fingerprint density at radius 3 is 2.13 bits per heavy atom. The van der Waals surface area contributed by atoms with Crippen molar-refractivity contribution in [1.82, 2.24) is 4.90 Å². The van der Waals surface area contributed by atoms with Gasteiger partial charge in [0.25, 0.3) is 0 Å². The molecule has 0 spiro atoms. The molecule has 1 aliphatic rings. The largest absolute Gasteiger partial charge is 0.481 e. The van der Waals surface area contributed by atoms with E-state index in [2.05, 4.69) is 0 Å². The Labute approximate surface area is 226 Å². The van der Waals surface area contributed by atoms with E-state index < -0.39 is 30.5 Å². The van der Waals surface area contributed by atoms with Gasteiger partial charge in [0.15, 0.2) is 6.29 Å². The standard InChI is InChI=1S/C30H33F3N2O4/c1-3-37-27(38-4-2)21-35-24-17-11-12-18-26(24)39-28(23-15-9-6-10-16-23)25(35)20-34(29(36)30(31,32)33)19-22-13-7-5-8-14-22/h5-18,25,27-28H,3-4,19-21H2,1-2H3. The second-order valence-electron chi connectivity index (χ2n) is 9.15. The maximum absolute atomic E-state index is 13.8. The third-order valence-electron chi connectivity index (χ3n) is 6.51. The quantitative estimate of drug-likeness (QED) is 0.279. The fourth-order valence-corrected chi connectivity index (χ4v) is 4.83. The first-order chi connectivity index (χ1) is 18.8. The fourth-order valence-electron chi connectivity index (χ4n) is 4.83. The first kappa shape index (κ1) is 28.4. The Balaban J connectivity index is 1.79. The Morgan fingerprint density at radius 1 is 0.923 bits per heavy atom. The minimum absolute atomic E-state index is 0.201. The zero-order valence-corrected chi connectivity index (χ0v) is 22.0. The van der Waals surface area contributed by atoms with Crippen LogP contribution >= 0.6 is 0 Å². The number of alkyl halides is 3. The molecule has 39 heavy (non-hydrogen) atoms. The summed E-state index contributed by atoms with van der Waals surface area (Å²) >= 11 is 0. The van der Waals surface area contributed by atoms with Crippen molar-refractivity contribution in [1.29, 1.82) is 0 Å². The number of para-hydroxylation sites is 2. The third kappa shape index (κ3) is 7.10. The van der Waals surface area contributed by atoms with Gasteiger partial charge in [-0.25, -0.2) is 0 Å². The maximum Gasteiger partial charge on any atom is 0.471 e. The fraction of sp³-hybridized carbons (Fsp3) is 0.367. The maximum atomic E-state index is 13.8. The molecule has 3 aromatic carbocycles. The molecule has 0 saturated heterocycles. The van der Waals surface area contributed by atoms with E-state index in [0.717, 1.165) is 10.5 Å². The lowest BCUT2D eigenvalue weighted by Crippen LogP contribution is -2.56. The molecule has 0 fully saturated rings. The minimum Gasteiger partial charge on any atom is -0.481 e. The zero-order chi connectivity index (χ0) is 27.8. The van der Waals surface area contributed by atoms with E-state index in [0.29, 0.717) is 30.2 Å². The van der Waals surface area contributed by atoms with Gasteiger partial charge in [-0.2, -0.15) is 13.2 Å². The average molecular weight is 543 g/mol. The van der Waals surface area contributed by atoms with E-state index in [1.54, 1.807) is 30.3 Å². The minimum atomic E-state index is -5.03. The molecule has 6 nitrogen and oxygen atoms in total. The van der Waals surface area contributed by atoms with Crippen LogP contribution in [0.25, 0.3) is 0 Å². The van der Waals surface area contributed by atoms with E-state index in [-0.39, 0.29) is 19.6 Å². The smallest absolute Gasteiger partial charge is 0.471 e. The van der Waals surface area contributed by atoms with E-state index in [9.17, 15) is 18.0 Å². The molecule has 2 unspecified atom stereocenters. The number of nitrogens with zero attached hydrogens (tertiary/aromatic N) is 2. The Kier molecular flexibility index (Phi) is 9.48. The number of hydrogen-bond donors (Lipinski definition) is 0. The van der Waals surface area contributed by atoms with E-state index in [1.807, 2.05) is 73.3 Å². The van der Waals surface area contributed by atoms with Gasteiger partial charge in [-0.15, -0.1) is 0 Å². The van der Waals surface area contributed by atoms with E-state index in [4.69, 9.17) is 14.2 Å². The number of fused-ring (bicyclic) bond motifs is 1.